The van der Waals surface area contributed by atoms with E-state index in [2.05, 4.69) is 6.92 Å². The maximum absolute atomic E-state index is 12.5. The summed E-state index contributed by atoms with van der Waals surface area (Å²) in [6.07, 6.45) is 30.1. The largest absolute Gasteiger partial charge is 0.462 e. The summed E-state index contributed by atoms with van der Waals surface area (Å²) in [7, 11) is 0. The molecule has 8 nitrogen and oxygen atoms in total. The fraction of sp³-hybridized carbons (Fsp3) is 0.923. The summed E-state index contributed by atoms with van der Waals surface area (Å²) < 4.78 is 16.4. The zero-order valence-corrected chi connectivity index (χ0v) is 30.5. The molecular formula is C39H74O8. The topological polar surface area (TPSA) is 119 Å². The van der Waals surface area contributed by atoms with E-state index in [9.17, 15) is 14.4 Å². The third-order valence-electron chi connectivity index (χ3n) is 8.72. The molecule has 8 heteroatoms. The van der Waals surface area contributed by atoms with Gasteiger partial charge in [0.1, 0.15) is 13.2 Å². The van der Waals surface area contributed by atoms with Crippen LogP contribution in [0.15, 0.2) is 0 Å². The molecule has 2 N–H and O–H groups in total. The van der Waals surface area contributed by atoms with Crippen molar-refractivity contribution in [2.45, 2.75) is 206 Å². The summed E-state index contributed by atoms with van der Waals surface area (Å²) in [5.41, 5.74) is 0. The zero-order chi connectivity index (χ0) is 34.5. The minimum absolute atomic E-state index is 0.109. The van der Waals surface area contributed by atoms with Gasteiger partial charge in [-0.15, -0.1) is 0 Å². The van der Waals surface area contributed by atoms with Gasteiger partial charge in [0.2, 0.25) is 0 Å². The van der Waals surface area contributed by atoms with Crippen LogP contribution in [0.4, 0.5) is 0 Å². The summed E-state index contributed by atoms with van der Waals surface area (Å²) in [4.78, 5) is 37.1. The van der Waals surface area contributed by atoms with E-state index in [1.165, 1.54) is 77.0 Å². The van der Waals surface area contributed by atoms with Gasteiger partial charge in [-0.25, -0.2) is 0 Å². The molecule has 0 amide bonds. The fourth-order valence-electron chi connectivity index (χ4n) is 5.69. The molecule has 0 aromatic carbocycles. The van der Waals surface area contributed by atoms with Crippen LogP contribution < -0.4 is 0 Å². The molecule has 0 aromatic heterocycles. The smallest absolute Gasteiger partial charge is 0.306 e. The summed E-state index contributed by atoms with van der Waals surface area (Å²) in [5.74, 6) is -1.02. The van der Waals surface area contributed by atoms with Crippen molar-refractivity contribution < 1.29 is 38.8 Å². The van der Waals surface area contributed by atoms with Crippen molar-refractivity contribution in [3.63, 3.8) is 0 Å². The van der Waals surface area contributed by atoms with Crippen LogP contribution in [0.25, 0.3) is 0 Å². The third kappa shape index (κ3) is 35.5. The highest BCUT2D eigenvalue weighted by Crippen LogP contribution is 2.15. The SMILES string of the molecule is CCCCCCCCCCCCCCCCCC(=O)OCC(COC(=O)CCCCCCCCO)OC(=O)CCCCCCCCO. The Balaban J connectivity index is 4.19. The molecule has 0 aromatic rings. The number of carbonyl (C=O) groups excluding carboxylic acids is 3. The highest BCUT2D eigenvalue weighted by atomic mass is 16.6. The van der Waals surface area contributed by atoms with Crippen LogP contribution in [0.5, 0.6) is 0 Å². The number of rotatable bonds is 37. The van der Waals surface area contributed by atoms with E-state index in [1.807, 2.05) is 0 Å². The van der Waals surface area contributed by atoms with Crippen molar-refractivity contribution in [2.24, 2.45) is 0 Å². The maximum atomic E-state index is 12.5. The second-order valence-corrected chi connectivity index (χ2v) is 13.4. The van der Waals surface area contributed by atoms with Crippen LogP contribution in [0.1, 0.15) is 200 Å². The molecule has 0 fully saturated rings. The van der Waals surface area contributed by atoms with E-state index in [0.29, 0.717) is 19.3 Å². The van der Waals surface area contributed by atoms with Crippen molar-refractivity contribution in [3.8, 4) is 0 Å². The second kappa shape index (κ2) is 37.2. The predicted octanol–water partition coefficient (Wildman–Crippen LogP) is 9.69. The molecule has 0 aliphatic carbocycles. The Morgan fingerprint density at radius 1 is 0.404 bits per heavy atom. The Morgan fingerprint density at radius 2 is 0.681 bits per heavy atom. The highest BCUT2D eigenvalue weighted by molar-refractivity contribution is 5.71. The average molecular weight is 671 g/mol. The van der Waals surface area contributed by atoms with Gasteiger partial charge in [-0.1, -0.05) is 148 Å². The number of aliphatic hydroxyl groups is 2. The van der Waals surface area contributed by atoms with Crippen molar-refractivity contribution in [3.05, 3.63) is 0 Å². The molecule has 278 valence electrons. The standard InChI is InChI=1S/C39H74O8/c1-2-3-4-5-6-7-8-9-10-11-12-13-14-19-24-29-37(42)45-34-36(47-39(44)31-26-21-16-18-23-28-33-41)35-46-38(43)30-25-20-15-17-22-27-32-40/h36,40-41H,2-35H2,1H3. The summed E-state index contributed by atoms with van der Waals surface area (Å²) in [6.45, 7) is 2.47. The summed E-state index contributed by atoms with van der Waals surface area (Å²) in [5, 5.41) is 17.7. The molecule has 0 saturated heterocycles. The minimum atomic E-state index is -0.806. The van der Waals surface area contributed by atoms with Crippen LogP contribution >= 0.6 is 0 Å². The van der Waals surface area contributed by atoms with Gasteiger partial charge >= 0.3 is 17.9 Å². The molecule has 47 heavy (non-hydrogen) atoms. The quantitative estimate of drug-likeness (QED) is 0.0381. The fourth-order valence-corrected chi connectivity index (χ4v) is 5.69. The first kappa shape index (κ1) is 45.3. The molecule has 1 unspecified atom stereocenters. The van der Waals surface area contributed by atoms with Crippen LogP contribution in [0.3, 0.4) is 0 Å². The van der Waals surface area contributed by atoms with E-state index in [4.69, 9.17) is 24.4 Å². The first-order valence-corrected chi connectivity index (χ1v) is 19.8. The van der Waals surface area contributed by atoms with Gasteiger partial charge in [0.25, 0.3) is 0 Å². The van der Waals surface area contributed by atoms with E-state index < -0.39 is 6.10 Å². The van der Waals surface area contributed by atoms with Gasteiger partial charge in [0, 0.05) is 32.5 Å². The van der Waals surface area contributed by atoms with Gasteiger partial charge < -0.3 is 24.4 Å². The molecular weight excluding hydrogens is 596 g/mol. The van der Waals surface area contributed by atoms with E-state index >= 15 is 0 Å². The number of hydrogen-bond donors (Lipinski definition) is 2. The molecule has 0 aliphatic heterocycles. The molecule has 1 atom stereocenters. The number of unbranched alkanes of at least 4 members (excludes halogenated alkanes) is 24. The molecule has 0 radical (unpaired) electrons. The van der Waals surface area contributed by atoms with Crippen LogP contribution in [0.2, 0.25) is 0 Å². The number of hydrogen-bond acceptors (Lipinski definition) is 8. The summed E-state index contributed by atoms with van der Waals surface area (Å²) in [6, 6.07) is 0. The van der Waals surface area contributed by atoms with Crippen molar-refractivity contribution >= 4 is 17.9 Å². The predicted molar refractivity (Wildman–Crippen MR) is 190 cm³/mol. The Hall–Kier alpha value is -1.67. The second-order valence-electron chi connectivity index (χ2n) is 13.4. The molecule has 0 aliphatic rings. The normalized spacial score (nSPS) is 11.8. The van der Waals surface area contributed by atoms with Gasteiger partial charge in [-0.2, -0.15) is 0 Å². The monoisotopic (exact) mass is 671 g/mol. The van der Waals surface area contributed by atoms with Crippen molar-refractivity contribution in [1.29, 1.82) is 0 Å². The number of aliphatic hydroxyl groups excluding tert-OH is 2. The van der Waals surface area contributed by atoms with E-state index in [0.717, 1.165) is 89.9 Å². The lowest BCUT2D eigenvalue weighted by atomic mass is 10.0. The van der Waals surface area contributed by atoms with Gasteiger partial charge in [-0.3, -0.25) is 14.4 Å². The van der Waals surface area contributed by atoms with Gasteiger partial charge in [0.05, 0.1) is 0 Å². The first-order chi connectivity index (χ1) is 23.0. The third-order valence-corrected chi connectivity index (χ3v) is 8.72. The van der Waals surface area contributed by atoms with Gasteiger partial charge in [-0.05, 0) is 32.1 Å². The van der Waals surface area contributed by atoms with Crippen LogP contribution in [-0.2, 0) is 28.6 Å². The Morgan fingerprint density at radius 3 is 1.00 bits per heavy atom. The Labute approximate surface area is 288 Å². The lowest BCUT2D eigenvalue weighted by Crippen LogP contribution is -2.30. The minimum Gasteiger partial charge on any atom is -0.462 e. The van der Waals surface area contributed by atoms with Crippen LogP contribution in [-0.4, -0.2) is 60.7 Å². The number of ether oxygens (including phenoxy) is 3. The number of carbonyl (C=O) groups is 3. The molecule has 0 spiro atoms. The Bertz CT molecular complexity index is 698. The lowest BCUT2D eigenvalue weighted by molar-refractivity contribution is -0.167. The summed E-state index contributed by atoms with van der Waals surface area (Å²) >= 11 is 0. The molecule has 0 saturated carbocycles. The highest BCUT2D eigenvalue weighted by Gasteiger charge is 2.19. The van der Waals surface area contributed by atoms with Crippen molar-refractivity contribution in [2.75, 3.05) is 26.4 Å². The zero-order valence-electron chi connectivity index (χ0n) is 30.5. The van der Waals surface area contributed by atoms with Crippen molar-refractivity contribution in [1.82, 2.24) is 0 Å². The van der Waals surface area contributed by atoms with E-state index in [-0.39, 0.29) is 50.8 Å². The van der Waals surface area contributed by atoms with Crippen LogP contribution in [0, 0.1) is 0 Å². The number of esters is 3. The average Bonchev–Trinajstić information content (AvgIpc) is 3.06. The molecule has 0 heterocycles. The molecule has 0 rings (SSSR count). The first-order valence-electron chi connectivity index (χ1n) is 19.8. The Kier molecular flexibility index (Phi) is 35.8. The molecule has 0 bridgehead atoms. The van der Waals surface area contributed by atoms with Gasteiger partial charge in [0.15, 0.2) is 6.10 Å². The maximum Gasteiger partial charge on any atom is 0.306 e. The van der Waals surface area contributed by atoms with E-state index in [1.54, 1.807) is 0 Å². The lowest BCUT2D eigenvalue weighted by Gasteiger charge is -2.18.